The number of carbonyl (C=O) groups excluding carboxylic acids is 1. The van der Waals surface area contributed by atoms with E-state index in [4.69, 9.17) is 0 Å². The van der Waals surface area contributed by atoms with Crippen LogP contribution in [0.1, 0.15) is 25.0 Å². The molecule has 0 spiro atoms. The zero-order chi connectivity index (χ0) is 16.5. The first-order valence-electron chi connectivity index (χ1n) is 8.62. The molecule has 2 bridgehead atoms. The minimum Gasteiger partial charge on any atom is -0.356 e. The van der Waals surface area contributed by atoms with Gasteiger partial charge in [-0.25, -0.2) is 4.98 Å². The third-order valence-corrected chi connectivity index (χ3v) is 5.24. The molecule has 2 aliphatic rings. The summed E-state index contributed by atoms with van der Waals surface area (Å²) in [5.74, 6) is 1.93. The first-order chi connectivity index (χ1) is 11.7. The Hall–Kier alpha value is -2.43. The number of allylic oxidation sites excluding steroid dienone is 2. The number of rotatable bonds is 5. The lowest BCUT2D eigenvalue weighted by molar-refractivity contribution is -0.121. The molecule has 5 nitrogen and oxygen atoms in total. The number of carbonyl (C=O) groups is 1. The first-order valence-corrected chi connectivity index (χ1v) is 8.62. The highest BCUT2D eigenvalue weighted by atomic mass is 16.1. The Morgan fingerprint density at radius 3 is 2.92 bits per heavy atom. The Balaban J connectivity index is 1.33. The van der Waals surface area contributed by atoms with Gasteiger partial charge in [0.15, 0.2) is 0 Å². The molecule has 1 aromatic carbocycles. The first kappa shape index (κ1) is 15.1. The van der Waals surface area contributed by atoms with Gasteiger partial charge in [0.25, 0.3) is 5.56 Å². The van der Waals surface area contributed by atoms with E-state index >= 15 is 0 Å². The highest BCUT2D eigenvalue weighted by Crippen LogP contribution is 2.42. The molecule has 0 saturated heterocycles. The lowest BCUT2D eigenvalue weighted by atomic mass is 9.93. The third kappa shape index (κ3) is 2.98. The van der Waals surface area contributed by atoms with Gasteiger partial charge < -0.3 is 10.3 Å². The summed E-state index contributed by atoms with van der Waals surface area (Å²) in [5, 5.41) is 3.02. The normalized spacial score (nSPS) is 24.6. The molecule has 1 fully saturated rings. The van der Waals surface area contributed by atoms with Gasteiger partial charge in [-0.1, -0.05) is 24.3 Å². The molecule has 1 amide bonds. The number of hydrogen-bond acceptors (Lipinski definition) is 3. The number of aromatic amines is 1. The fraction of sp³-hybridized carbons (Fsp3) is 0.421. The average Bonchev–Trinajstić information content (AvgIpc) is 3.21. The van der Waals surface area contributed by atoms with Crippen molar-refractivity contribution in [2.75, 3.05) is 6.54 Å². The van der Waals surface area contributed by atoms with Crippen LogP contribution in [-0.2, 0) is 11.2 Å². The summed E-state index contributed by atoms with van der Waals surface area (Å²) >= 11 is 0. The topological polar surface area (TPSA) is 74.8 Å². The quantitative estimate of drug-likeness (QED) is 0.828. The molecule has 124 valence electrons. The van der Waals surface area contributed by atoms with Gasteiger partial charge in [-0.05, 0) is 42.7 Å². The van der Waals surface area contributed by atoms with E-state index < -0.39 is 0 Å². The number of fused-ring (bicyclic) bond motifs is 3. The Bertz CT molecular complexity index is 855. The highest BCUT2D eigenvalue weighted by Gasteiger charge is 2.35. The van der Waals surface area contributed by atoms with Crippen molar-refractivity contribution in [2.24, 2.45) is 17.8 Å². The molecule has 1 heterocycles. The van der Waals surface area contributed by atoms with Gasteiger partial charge in [0.1, 0.15) is 5.69 Å². The summed E-state index contributed by atoms with van der Waals surface area (Å²) in [6, 6.07) is 7.42. The van der Waals surface area contributed by atoms with Crippen molar-refractivity contribution in [3.05, 3.63) is 52.5 Å². The second-order valence-electron chi connectivity index (χ2n) is 6.87. The van der Waals surface area contributed by atoms with Gasteiger partial charge in [-0.3, -0.25) is 9.59 Å². The Morgan fingerprint density at radius 2 is 2.12 bits per heavy atom. The maximum absolute atomic E-state index is 12.1. The van der Waals surface area contributed by atoms with Gasteiger partial charge in [0.05, 0.1) is 11.0 Å². The fourth-order valence-electron chi connectivity index (χ4n) is 3.93. The monoisotopic (exact) mass is 323 g/mol. The van der Waals surface area contributed by atoms with Crippen LogP contribution in [-0.4, -0.2) is 22.4 Å². The molecule has 3 unspecified atom stereocenters. The van der Waals surface area contributed by atoms with E-state index in [0.29, 0.717) is 30.4 Å². The Morgan fingerprint density at radius 1 is 1.25 bits per heavy atom. The smallest absolute Gasteiger partial charge is 0.270 e. The number of aryl methyl sites for hydroxylation is 1. The van der Waals surface area contributed by atoms with Crippen molar-refractivity contribution < 1.29 is 4.79 Å². The summed E-state index contributed by atoms with van der Waals surface area (Å²) in [6.45, 7) is 0.742. The second kappa shape index (κ2) is 6.23. The van der Waals surface area contributed by atoms with E-state index in [1.807, 2.05) is 24.3 Å². The number of amides is 1. The van der Waals surface area contributed by atoms with E-state index in [0.717, 1.165) is 23.5 Å². The van der Waals surface area contributed by atoms with Gasteiger partial charge in [0.2, 0.25) is 5.91 Å². The predicted octanol–water partition coefficient (Wildman–Crippen LogP) is 2.18. The highest BCUT2D eigenvalue weighted by molar-refractivity contribution is 5.76. The molecule has 1 aromatic heterocycles. The van der Waals surface area contributed by atoms with Crippen LogP contribution in [0.15, 0.2) is 41.2 Å². The fourth-order valence-corrected chi connectivity index (χ4v) is 3.93. The maximum Gasteiger partial charge on any atom is 0.270 e. The van der Waals surface area contributed by atoms with Crippen molar-refractivity contribution in [1.29, 1.82) is 0 Å². The van der Waals surface area contributed by atoms with E-state index in [1.54, 1.807) is 0 Å². The lowest BCUT2D eigenvalue weighted by Gasteiger charge is -2.18. The number of para-hydroxylation sites is 2. The van der Waals surface area contributed by atoms with Gasteiger partial charge in [0, 0.05) is 19.4 Å². The standard InChI is InChI=1S/C19H21N3O2/c23-18(20-11-14-10-12-5-6-13(14)9-12)8-7-17-19(24)22-16-4-2-1-3-15(16)21-17/h1-6,12-14H,7-11H2,(H,20,23)(H,22,24). The van der Waals surface area contributed by atoms with Crippen molar-refractivity contribution in [3.63, 3.8) is 0 Å². The molecule has 5 heteroatoms. The van der Waals surface area contributed by atoms with Crippen LogP contribution in [0.25, 0.3) is 11.0 Å². The molecule has 0 aliphatic heterocycles. The van der Waals surface area contributed by atoms with E-state index in [2.05, 4.69) is 27.4 Å². The minimum atomic E-state index is -0.209. The molecular formula is C19H21N3O2. The van der Waals surface area contributed by atoms with E-state index in [9.17, 15) is 9.59 Å². The zero-order valence-corrected chi connectivity index (χ0v) is 13.5. The molecule has 24 heavy (non-hydrogen) atoms. The van der Waals surface area contributed by atoms with Crippen LogP contribution in [0.2, 0.25) is 0 Å². The summed E-state index contributed by atoms with van der Waals surface area (Å²) < 4.78 is 0. The van der Waals surface area contributed by atoms with Crippen LogP contribution in [0.5, 0.6) is 0 Å². The van der Waals surface area contributed by atoms with Crippen molar-refractivity contribution >= 4 is 16.9 Å². The van der Waals surface area contributed by atoms with Crippen LogP contribution in [0, 0.1) is 17.8 Å². The molecular weight excluding hydrogens is 302 g/mol. The predicted molar refractivity (Wildman–Crippen MR) is 92.5 cm³/mol. The van der Waals surface area contributed by atoms with E-state index in [-0.39, 0.29) is 11.5 Å². The summed E-state index contributed by atoms with van der Waals surface area (Å²) in [7, 11) is 0. The second-order valence-corrected chi connectivity index (χ2v) is 6.87. The van der Waals surface area contributed by atoms with Crippen molar-refractivity contribution in [2.45, 2.75) is 25.7 Å². The lowest BCUT2D eigenvalue weighted by Crippen LogP contribution is -2.31. The van der Waals surface area contributed by atoms with E-state index in [1.165, 1.54) is 12.8 Å². The third-order valence-electron chi connectivity index (χ3n) is 5.24. The molecule has 3 atom stereocenters. The van der Waals surface area contributed by atoms with Crippen molar-refractivity contribution in [1.82, 2.24) is 15.3 Å². The Kier molecular flexibility index (Phi) is 3.92. The number of H-pyrrole nitrogens is 1. The van der Waals surface area contributed by atoms with Gasteiger partial charge in [-0.2, -0.15) is 0 Å². The maximum atomic E-state index is 12.1. The van der Waals surface area contributed by atoms with Crippen molar-refractivity contribution in [3.8, 4) is 0 Å². The molecule has 4 rings (SSSR count). The van der Waals surface area contributed by atoms with Crippen LogP contribution in [0.3, 0.4) is 0 Å². The Labute approximate surface area is 140 Å². The molecule has 1 saturated carbocycles. The molecule has 0 radical (unpaired) electrons. The van der Waals surface area contributed by atoms with Crippen LogP contribution in [0.4, 0.5) is 0 Å². The van der Waals surface area contributed by atoms with Gasteiger partial charge >= 0.3 is 0 Å². The summed E-state index contributed by atoms with van der Waals surface area (Å²) in [6.07, 6.45) is 7.70. The number of aromatic nitrogens is 2. The average molecular weight is 323 g/mol. The molecule has 2 aliphatic carbocycles. The zero-order valence-electron chi connectivity index (χ0n) is 13.5. The molecule has 2 aromatic rings. The number of nitrogens with one attached hydrogen (secondary N) is 2. The SMILES string of the molecule is O=C(CCc1nc2ccccc2[nH]c1=O)NCC1CC2C=CC1C2. The minimum absolute atomic E-state index is 0.00360. The summed E-state index contributed by atoms with van der Waals surface area (Å²) in [5.41, 5.74) is 1.69. The largest absolute Gasteiger partial charge is 0.356 e. The van der Waals surface area contributed by atoms with Crippen LogP contribution >= 0.6 is 0 Å². The number of nitrogens with zero attached hydrogens (tertiary/aromatic N) is 1. The van der Waals surface area contributed by atoms with Gasteiger partial charge in [-0.15, -0.1) is 0 Å². The van der Waals surface area contributed by atoms with Crippen LogP contribution < -0.4 is 10.9 Å². The molecule has 2 N–H and O–H groups in total. The summed E-state index contributed by atoms with van der Waals surface area (Å²) in [4.78, 5) is 31.3. The number of hydrogen-bond donors (Lipinski definition) is 2. The number of benzene rings is 1.